The minimum atomic E-state index is -3.69. The van der Waals surface area contributed by atoms with E-state index in [1.54, 1.807) is 31.2 Å². The highest BCUT2D eigenvalue weighted by molar-refractivity contribution is 7.89. The normalized spacial score (nSPS) is 14.2. The molecule has 0 heterocycles. The van der Waals surface area contributed by atoms with Gasteiger partial charge in [0.05, 0.1) is 10.8 Å². The Bertz CT molecular complexity index is 916. The van der Waals surface area contributed by atoms with Gasteiger partial charge in [0.25, 0.3) is 0 Å². The fraction of sp³-hybridized carbons (Fsp3) is 0.458. The van der Waals surface area contributed by atoms with Crippen LogP contribution in [-0.2, 0) is 26.0 Å². The second kappa shape index (κ2) is 10.2. The van der Waals surface area contributed by atoms with Crippen molar-refractivity contribution in [3.05, 3.63) is 65.7 Å². The van der Waals surface area contributed by atoms with Crippen LogP contribution in [0.2, 0.25) is 0 Å². The van der Waals surface area contributed by atoms with E-state index < -0.39 is 21.5 Å². The summed E-state index contributed by atoms with van der Waals surface area (Å²) in [5, 5.41) is 0. The summed E-state index contributed by atoms with van der Waals surface area (Å²) < 4.78 is 34.1. The van der Waals surface area contributed by atoms with Crippen molar-refractivity contribution in [2.75, 3.05) is 0 Å². The van der Waals surface area contributed by atoms with Crippen molar-refractivity contribution in [1.29, 1.82) is 0 Å². The van der Waals surface area contributed by atoms with Crippen molar-refractivity contribution < 1.29 is 17.9 Å². The molecule has 2 aromatic rings. The number of carbonyl (C=O) groups excluding carboxylic acids is 1. The van der Waals surface area contributed by atoms with Crippen molar-refractivity contribution in [3.63, 3.8) is 0 Å². The molecule has 0 saturated heterocycles. The molecule has 5 nitrogen and oxygen atoms in total. The number of ether oxygens (including phenoxy) is 1. The van der Waals surface area contributed by atoms with E-state index in [4.69, 9.17) is 4.74 Å². The number of aryl methyl sites for hydroxylation is 2. The molecule has 2 rings (SSSR count). The van der Waals surface area contributed by atoms with Crippen LogP contribution in [0.15, 0.2) is 59.5 Å². The monoisotopic (exact) mass is 431 g/mol. The molecule has 0 bridgehead atoms. The molecule has 2 aromatic carbocycles. The molecule has 0 aliphatic carbocycles. The van der Waals surface area contributed by atoms with Crippen LogP contribution in [0.4, 0.5) is 0 Å². The standard InChI is InChI=1S/C24H33NO4S/c1-18-11-15-22(16-12-18)30(27,28)25-21(14-13-20-9-7-6-8-10-20)17-19(2)23(26)29-24(3,4)5/h6-12,15-16,19,21,25H,13-14,17H2,1-5H3/t19-,21-/m1/s1. The Morgan fingerprint density at radius 1 is 1.03 bits per heavy atom. The molecule has 0 fully saturated rings. The van der Waals surface area contributed by atoms with Crippen LogP contribution in [0, 0.1) is 12.8 Å². The first-order valence-corrected chi connectivity index (χ1v) is 11.8. The van der Waals surface area contributed by atoms with E-state index >= 15 is 0 Å². The first-order chi connectivity index (χ1) is 14.0. The summed E-state index contributed by atoms with van der Waals surface area (Å²) in [7, 11) is -3.69. The number of rotatable bonds is 9. The van der Waals surface area contributed by atoms with Gasteiger partial charge in [-0.25, -0.2) is 13.1 Å². The molecule has 30 heavy (non-hydrogen) atoms. The number of sulfonamides is 1. The lowest BCUT2D eigenvalue weighted by Gasteiger charge is -2.25. The fourth-order valence-electron chi connectivity index (χ4n) is 3.14. The highest BCUT2D eigenvalue weighted by Crippen LogP contribution is 2.20. The first-order valence-electron chi connectivity index (χ1n) is 10.3. The third-order valence-corrected chi connectivity index (χ3v) is 6.26. The number of hydrogen-bond acceptors (Lipinski definition) is 4. The van der Waals surface area contributed by atoms with Gasteiger partial charge in [-0.15, -0.1) is 0 Å². The second-order valence-electron chi connectivity index (χ2n) is 8.83. The molecule has 0 aliphatic rings. The maximum atomic E-state index is 12.9. The Morgan fingerprint density at radius 2 is 1.63 bits per heavy atom. The van der Waals surface area contributed by atoms with Gasteiger partial charge in [0.2, 0.25) is 10.0 Å². The van der Waals surface area contributed by atoms with Gasteiger partial charge in [0, 0.05) is 6.04 Å². The van der Waals surface area contributed by atoms with Crippen LogP contribution in [0.25, 0.3) is 0 Å². The van der Waals surface area contributed by atoms with Gasteiger partial charge >= 0.3 is 5.97 Å². The van der Waals surface area contributed by atoms with E-state index in [2.05, 4.69) is 4.72 Å². The summed E-state index contributed by atoms with van der Waals surface area (Å²) in [5.41, 5.74) is 1.54. The van der Waals surface area contributed by atoms with Crippen LogP contribution in [0.1, 0.15) is 51.7 Å². The SMILES string of the molecule is Cc1ccc(S(=O)(=O)N[C@H](CCc2ccccc2)C[C@@H](C)C(=O)OC(C)(C)C)cc1. The highest BCUT2D eigenvalue weighted by atomic mass is 32.2. The van der Waals surface area contributed by atoms with Crippen LogP contribution in [-0.4, -0.2) is 26.0 Å². The number of nitrogens with one attached hydrogen (secondary N) is 1. The van der Waals surface area contributed by atoms with Gasteiger partial charge in [-0.05, 0) is 64.7 Å². The predicted molar refractivity (Wildman–Crippen MR) is 120 cm³/mol. The highest BCUT2D eigenvalue weighted by Gasteiger charge is 2.27. The lowest BCUT2D eigenvalue weighted by Crippen LogP contribution is -2.38. The van der Waals surface area contributed by atoms with Gasteiger partial charge in [-0.1, -0.05) is 55.0 Å². The van der Waals surface area contributed by atoms with Crippen molar-refractivity contribution in [3.8, 4) is 0 Å². The van der Waals surface area contributed by atoms with E-state index in [1.165, 1.54) is 0 Å². The molecule has 0 radical (unpaired) electrons. The molecular formula is C24H33NO4S. The summed E-state index contributed by atoms with van der Waals surface area (Å²) in [4.78, 5) is 12.7. The number of esters is 1. The Balaban J connectivity index is 2.15. The zero-order valence-electron chi connectivity index (χ0n) is 18.5. The topological polar surface area (TPSA) is 72.5 Å². The Hall–Kier alpha value is -2.18. The number of carbonyl (C=O) groups is 1. The molecule has 0 unspecified atom stereocenters. The number of benzene rings is 2. The van der Waals surface area contributed by atoms with E-state index in [1.807, 2.05) is 58.0 Å². The maximum absolute atomic E-state index is 12.9. The third kappa shape index (κ3) is 7.92. The quantitative estimate of drug-likeness (QED) is 0.587. The van der Waals surface area contributed by atoms with Crippen molar-refractivity contribution in [1.82, 2.24) is 4.72 Å². The van der Waals surface area contributed by atoms with Crippen LogP contribution < -0.4 is 4.72 Å². The summed E-state index contributed by atoms with van der Waals surface area (Å²) in [5.74, 6) is -0.743. The lowest BCUT2D eigenvalue weighted by atomic mass is 9.97. The van der Waals surface area contributed by atoms with Gasteiger partial charge in [0.1, 0.15) is 5.60 Å². The van der Waals surface area contributed by atoms with Gasteiger partial charge in [-0.3, -0.25) is 4.79 Å². The molecule has 0 aliphatic heterocycles. The molecule has 0 aromatic heterocycles. The Kier molecular flexibility index (Phi) is 8.21. The minimum absolute atomic E-state index is 0.225. The molecule has 2 atom stereocenters. The lowest BCUT2D eigenvalue weighted by molar-refractivity contribution is -0.159. The smallest absolute Gasteiger partial charge is 0.309 e. The summed E-state index contributed by atoms with van der Waals surface area (Å²) in [6, 6.07) is 16.3. The summed E-state index contributed by atoms with van der Waals surface area (Å²) in [6.45, 7) is 9.17. The van der Waals surface area contributed by atoms with Gasteiger partial charge < -0.3 is 4.74 Å². The molecule has 6 heteroatoms. The van der Waals surface area contributed by atoms with Crippen molar-refractivity contribution >= 4 is 16.0 Å². The molecule has 164 valence electrons. The van der Waals surface area contributed by atoms with E-state index in [9.17, 15) is 13.2 Å². The second-order valence-corrected chi connectivity index (χ2v) is 10.5. The molecule has 0 saturated carbocycles. The minimum Gasteiger partial charge on any atom is -0.460 e. The maximum Gasteiger partial charge on any atom is 0.309 e. The summed E-state index contributed by atoms with van der Waals surface area (Å²) in [6.07, 6.45) is 1.66. The Morgan fingerprint density at radius 3 is 2.20 bits per heavy atom. The van der Waals surface area contributed by atoms with Crippen LogP contribution >= 0.6 is 0 Å². The summed E-state index contributed by atoms with van der Waals surface area (Å²) >= 11 is 0. The fourth-order valence-corrected chi connectivity index (χ4v) is 4.42. The largest absolute Gasteiger partial charge is 0.460 e. The van der Waals surface area contributed by atoms with E-state index in [0.717, 1.165) is 11.1 Å². The average molecular weight is 432 g/mol. The molecule has 0 spiro atoms. The van der Waals surface area contributed by atoms with E-state index in [-0.39, 0.29) is 16.9 Å². The van der Waals surface area contributed by atoms with Crippen molar-refractivity contribution in [2.45, 2.75) is 70.4 Å². The van der Waals surface area contributed by atoms with E-state index in [0.29, 0.717) is 19.3 Å². The number of hydrogen-bond donors (Lipinski definition) is 1. The van der Waals surface area contributed by atoms with Crippen LogP contribution in [0.3, 0.4) is 0 Å². The van der Waals surface area contributed by atoms with Crippen molar-refractivity contribution in [2.24, 2.45) is 5.92 Å². The first kappa shape index (κ1) is 24.1. The Labute approximate surface area is 180 Å². The van der Waals surface area contributed by atoms with Gasteiger partial charge in [0.15, 0.2) is 0 Å². The third-order valence-electron chi connectivity index (χ3n) is 4.72. The predicted octanol–water partition coefficient (Wildman–Crippen LogP) is 4.64. The zero-order valence-corrected chi connectivity index (χ0v) is 19.3. The molecule has 1 N–H and O–H groups in total. The zero-order chi connectivity index (χ0) is 22.4. The molecular weight excluding hydrogens is 398 g/mol. The average Bonchev–Trinajstić information content (AvgIpc) is 2.65. The van der Waals surface area contributed by atoms with Gasteiger partial charge in [-0.2, -0.15) is 0 Å². The molecule has 0 amide bonds. The van der Waals surface area contributed by atoms with Crippen LogP contribution in [0.5, 0.6) is 0 Å².